The van der Waals surface area contributed by atoms with Crippen LogP contribution in [0.3, 0.4) is 0 Å². The first-order valence-electron chi connectivity index (χ1n) is 3.48. The molecule has 0 spiro atoms. The molecule has 13 heavy (non-hydrogen) atoms. The second-order valence-corrected chi connectivity index (χ2v) is 2.88. The molecule has 1 unspecified atom stereocenters. The van der Waals surface area contributed by atoms with Crippen molar-refractivity contribution in [2.45, 2.75) is 37.3 Å². The predicted octanol–water partition coefficient (Wildman–Crippen LogP) is 0.355. The first-order valence-corrected chi connectivity index (χ1v) is 3.48. The quantitative estimate of drug-likeness (QED) is 0.560. The SMILES string of the molecule is C[C@@H]1OC(O)C(F)(F)C(F)(F)[C@H]1O. The molecule has 78 valence electrons. The number of hydrogen-bond donors (Lipinski definition) is 2. The van der Waals surface area contributed by atoms with Crippen molar-refractivity contribution in [2.24, 2.45) is 0 Å². The van der Waals surface area contributed by atoms with Crippen molar-refractivity contribution in [2.75, 3.05) is 0 Å². The Kier molecular flexibility index (Phi) is 2.29. The predicted molar refractivity (Wildman–Crippen MR) is 32.5 cm³/mol. The molecule has 7 heteroatoms. The third-order valence-corrected chi connectivity index (χ3v) is 1.91. The highest BCUT2D eigenvalue weighted by Gasteiger charge is 2.70. The fourth-order valence-electron chi connectivity index (χ4n) is 1.02. The number of alkyl halides is 4. The summed E-state index contributed by atoms with van der Waals surface area (Å²) in [6.07, 6.45) is -7.04. The molecule has 3 atom stereocenters. The van der Waals surface area contributed by atoms with Crippen LogP contribution in [-0.2, 0) is 4.74 Å². The van der Waals surface area contributed by atoms with E-state index in [2.05, 4.69) is 4.74 Å². The maximum absolute atomic E-state index is 12.6. The van der Waals surface area contributed by atoms with E-state index in [1.807, 2.05) is 0 Å². The lowest BCUT2D eigenvalue weighted by atomic mass is 9.98. The molecule has 0 amide bonds. The molecule has 2 N–H and O–H groups in total. The van der Waals surface area contributed by atoms with Crippen LogP contribution in [0.4, 0.5) is 17.6 Å². The van der Waals surface area contributed by atoms with Gasteiger partial charge in [-0.05, 0) is 6.92 Å². The van der Waals surface area contributed by atoms with E-state index in [1.165, 1.54) is 0 Å². The molecule has 1 fully saturated rings. The first kappa shape index (κ1) is 10.7. The second kappa shape index (κ2) is 2.79. The van der Waals surface area contributed by atoms with Crippen molar-refractivity contribution in [1.82, 2.24) is 0 Å². The van der Waals surface area contributed by atoms with Gasteiger partial charge >= 0.3 is 11.8 Å². The summed E-state index contributed by atoms with van der Waals surface area (Å²) in [6, 6.07) is 0. The maximum Gasteiger partial charge on any atom is 0.362 e. The van der Waals surface area contributed by atoms with Gasteiger partial charge in [-0.3, -0.25) is 0 Å². The Bertz CT molecular complexity index is 208. The van der Waals surface area contributed by atoms with E-state index in [9.17, 15) is 17.6 Å². The van der Waals surface area contributed by atoms with Crippen LogP contribution in [-0.4, -0.2) is 40.6 Å². The van der Waals surface area contributed by atoms with E-state index >= 15 is 0 Å². The summed E-state index contributed by atoms with van der Waals surface area (Å²) < 4.78 is 54.3. The van der Waals surface area contributed by atoms with Gasteiger partial charge in [0.05, 0.1) is 6.10 Å². The molecule has 0 saturated carbocycles. The minimum Gasteiger partial charge on any atom is -0.384 e. The summed E-state index contributed by atoms with van der Waals surface area (Å²) in [6.45, 7) is 0.969. The monoisotopic (exact) mass is 204 g/mol. The van der Waals surface area contributed by atoms with E-state index in [4.69, 9.17) is 10.2 Å². The van der Waals surface area contributed by atoms with Gasteiger partial charge in [0.2, 0.25) is 6.29 Å². The van der Waals surface area contributed by atoms with Gasteiger partial charge in [-0.25, -0.2) is 0 Å². The summed E-state index contributed by atoms with van der Waals surface area (Å²) in [5.74, 6) is -9.44. The highest BCUT2D eigenvalue weighted by molar-refractivity contribution is 4.99. The number of aliphatic hydroxyl groups is 2. The molecule has 3 nitrogen and oxygen atoms in total. The van der Waals surface area contributed by atoms with Gasteiger partial charge in [-0.15, -0.1) is 0 Å². The number of aliphatic hydroxyl groups excluding tert-OH is 2. The lowest BCUT2D eigenvalue weighted by molar-refractivity contribution is -0.391. The van der Waals surface area contributed by atoms with Crippen LogP contribution >= 0.6 is 0 Å². The molecular formula is C6H8F4O3. The fourth-order valence-corrected chi connectivity index (χ4v) is 1.02. The molecular weight excluding hydrogens is 196 g/mol. The fraction of sp³-hybridized carbons (Fsp3) is 1.00. The van der Waals surface area contributed by atoms with Gasteiger partial charge in [-0.2, -0.15) is 17.6 Å². The summed E-state index contributed by atoms with van der Waals surface area (Å²) in [4.78, 5) is 0. The highest BCUT2D eigenvalue weighted by atomic mass is 19.3. The molecule has 1 rings (SSSR count). The van der Waals surface area contributed by atoms with E-state index in [1.54, 1.807) is 0 Å². The third kappa shape index (κ3) is 1.31. The molecule has 0 aromatic rings. The van der Waals surface area contributed by atoms with Gasteiger partial charge in [0.15, 0.2) is 0 Å². The van der Waals surface area contributed by atoms with Crippen LogP contribution in [0.2, 0.25) is 0 Å². The van der Waals surface area contributed by atoms with Crippen molar-refractivity contribution in [1.29, 1.82) is 0 Å². The standard InChI is InChI=1S/C6H8F4O3/c1-2-3(11)5(7,8)6(9,10)4(12)13-2/h2-4,11-12H,1H3/t2-,3-,4?/m0/s1. The van der Waals surface area contributed by atoms with Gasteiger partial charge in [0.1, 0.15) is 6.10 Å². The Morgan fingerprint density at radius 1 is 1.08 bits per heavy atom. The smallest absolute Gasteiger partial charge is 0.362 e. The van der Waals surface area contributed by atoms with E-state index < -0.39 is 30.3 Å². The summed E-state index contributed by atoms with van der Waals surface area (Å²) in [5.41, 5.74) is 0. The number of hydrogen-bond acceptors (Lipinski definition) is 3. The van der Waals surface area contributed by atoms with Gasteiger partial charge < -0.3 is 14.9 Å². The third-order valence-electron chi connectivity index (χ3n) is 1.91. The molecule has 1 aliphatic heterocycles. The lowest BCUT2D eigenvalue weighted by Crippen LogP contribution is -2.65. The van der Waals surface area contributed by atoms with E-state index in [0.29, 0.717) is 0 Å². The Balaban J connectivity index is 3.00. The van der Waals surface area contributed by atoms with Crippen LogP contribution in [0, 0.1) is 0 Å². The lowest BCUT2D eigenvalue weighted by Gasteiger charge is -2.41. The zero-order valence-corrected chi connectivity index (χ0v) is 6.55. The zero-order valence-electron chi connectivity index (χ0n) is 6.55. The van der Waals surface area contributed by atoms with Crippen LogP contribution < -0.4 is 0 Å². The minimum atomic E-state index is -4.76. The second-order valence-electron chi connectivity index (χ2n) is 2.88. The molecule has 1 saturated heterocycles. The van der Waals surface area contributed by atoms with Gasteiger partial charge in [0.25, 0.3) is 0 Å². The van der Waals surface area contributed by atoms with Gasteiger partial charge in [-0.1, -0.05) is 0 Å². The van der Waals surface area contributed by atoms with Crippen LogP contribution in [0.1, 0.15) is 6.92 Å². The first-order chi connectivity index (χ1) is 5.71. The summed E-state index contributed by atoms with van der Waals surface area (Å²) in [7, 11) is 0. The number of rotatable bonds is 0. The Morgan fingerprint density at radius 3 is 2.00 bits per heavy atom. The average Bonchev–Trinajstić information content (AvgIpc) is 2.00. The molecule has 0 aliphatic carbocycles. The van der Waals surface area contributed by atoms with Crippen molar-refractivity contribution in [3.05, 3.63) is 0 Å². The maximum atomic E-state index is 12.6. The van der Waals surface area contributed by atoms with Crippen LogP contribution in [0.15, 0.2) is 0 Å². The number of ether oxygens (including phenoxy) is 1. The molecule has 1 aliphatic rings. The topological polar surface area (TPSA) is 49.7 Å². The van der Waals surface area contributed by atoms with Crippen molar-refractivity contribution < 1.29 is 32.5 Å². The van der Waals surface area contributed by atoms with E-state index in [-0.39, 0.29) is 0 Å². The van der Waals surface area contributed by atoms with Crippen LogP contribution in [0.5, 0.6) is 0 Å². The van der Waals surface area contributed by atoms with Crippen molar-refractivity contribution in [3.63, 3.8) is 0 Å². The Hall–Kier alpha value is -0.400. The molecule has 0 bridgehead atoms. The van der Waals surface area contributed by atoms with Crippen molar-refractivity contribution >= 4 is 0 Å². The summed E-state index contributed by atoms with van der Waals surface area (Å²) in [5, 5.41) is 17.2. The van der Waals surface area contributed by atoms with Gasteiger partial charge in [0, 0.05) is 0 Å². The zero-order chi connectivity index (χ0) is 10.4. The molecule has 1 heterocycles. The van der Waals surface area contributed by atoms with Crippen LogP contribution in [0.25, 0.3) is 0 Å². The largest absolute Gasteiger partial charge is 0.384 e. The molecule has 0 aromatic carbocycles. The normalized spacial score (nSPS) is 43.2. The van der Waals surface area contributed by atoms with E-state index in [0.717, 1.165) is 6.92 Å². The van der Waals surface area contributed by atoms with Crippen molar-refractivity contribution in [3.8, 4) is 0 Å². The average molecular weight is 204 g/mol. The highest BCUT2D eigenvalue weighted by Crippen LogP contribution is 2.45. The molecule has 0 aromatic heterocycles. The summed E-state index contributed by atoms with van der Waals surface area (Å²) >= 11 is 0. The number of halogens is 4. The molecule has 0 radical (unpaired) electrons. The Morgan fingerprint density at radius 2 is 1.54 bits per heavy atom. The Labute approximate surface area is 70.9 Å². The minimum absolute atomic E-state index is 0.969.